The Balaban J connectivity index is 1.56. The van der Waals surface area contributed by atoms with Crippen LogP contribution in [0.25, 0.3) is 0 Å². The number of hydrogen-bond donors (Lipinski definition) is 1. The lowest BCUT2D eigenvalue weighted by molar-refractivity contribution is -0.151. The molecule has 11 heteroatoms. The number of anilines is 2. The van der Waals surface area contributed by atoms with Crippen LogP contribution in [0.15, 0.2) is 48.5 Å². The first-order valence-electron chi connectivity index (χ1n) is 9.71. The Morgan fingerprint density at radius 3 is 2.39 bits per heavy atom. The topological polar surface area (TPSA) is 102 Å². The second kappa shape index (κ2) is 9.72. The number of alkyl halides is 3. The van der Waals surface area contributed by atoms with Gasteiger partial charge in [0.2, 0.25) is 5.91 Å². The van der Waals surface area contributed by atoms with E-state index in [4.69, 9.17) is 4.74 Å². The van der Waals surface area contributed by atoms with Crippen molar-refractivity contribution in [3.05, 3.63) is 59.7 Å². The van der Waals surface area contributed by atoms with E-state index in [1.165, 1.54) is 48.4 Å². The third kappa shape index (κ3) is 5.68. The van der Waals surface area contributed by atoms with Crippen LogP contribution >= 0.6 is 0 Å². The molecule has 8 nitrogen and oxygen atoms in total. The fourth-order valence-corrected chi connectivity index (χ4v) is 3.29. The lowest BCUT2D eigenvalue weighted by atomic mass is 10.1. The normalized spacial score (nSPS) is 15.8. The van der Waals surface area contributed by atoms with Gasteiger partial charge in [0, 0.05) is 18.7 Å². The molecule has 3 rings (SSSR count). The number of carbonyl (C=O) groups excluding carboxylic acids is 4. The van der Waals surface area contributed by atoms with Gasteiger partial charge in [0.25, 0.3) is 5.91 Å². The predicted molar refractivity (Wildman–Crippen MR) is 109 cm³/mol. The lowest BCUT2D eigenvalue weighted by Crippen LogP contribution is -2.28. The van der Waals surface area contributed by atoms with Gasteiger partial charge < -0.3 is 19.7 Å². The maximum absolute atomic E-state index is 13.0. The first-order chi connectivity index (χ1) is 15.6. The fraction of sp³-hybridized carbons (Fsp3) is 0.273. The van der Waals surface area contributed by atoms with Crippen molar-refractivity contribution in [3.8, 4) is 0 Å². The van der Waals surface area contributed by atoms with E-state index in [-0.39, 0.29) is 18.9 Å². The fourth-order valence-electron chi connectivity index (χ4n) is 3.29. The molecule has 1 aliphatic heterocycles. The van der Waals surface area contributed by atoms with Crippen molar-refractivity contribution in [2.24, 2.45) is 5.92 Å². The van der Waals surface area contributed by atoms with E-state index < -0.39 is 47.8 Å². The van der Waals surface area contributed by atoms with E-state index in [2.05, 4.69) is 10.1 Å². The molecule has 1 fully saturated rings. The number of para-hydroxylation sites is 1. The van der Waals surface area contributed by atoms with Gasteiger partial charge in [-0.2, -0.15) is 13.2 Å². The number of hydrogen-bond acceptors (Lipinski definition) is 6. The van der Waals surface area contributed by atoms with Gasteiger partial charge in [-0.3, -0.25) is 14.4 Å². The first-order valence-corrected chi connectivity index (χ1v) is 9.71. The molecule has 1 heterocycles. The van der Waals surface area contributed by atoms with Crippen LogP contribution in [0.5, 0.6) is 0 Å². The molecule has 174 valence electrons. The molecule has 1 N–H and O–H groups in total. The number of benzene rings is 2. The quantitative estimate of drug-likeness (QED) is 0.660. The average molecular weight is 464 g/mol. The molecular formula is C22H19F3N2O6. The molecule has 0 unspecified atom stereocenters. The summed E-state index contributed by atoms with van der Waals surface area (Å²) in [5, 5.41) is 2.07. The van der Waals surface area contributed by atoms with Gasteiger partial charge >= 0.3 is 18.1 Å². The molecule has 2 aromatic rings. The van der Waals surface area contributed by atoms with Gasteiger partial charge in [0.15, 0.2) is 6.61 Å². The molecule has 33 heavy (non-hydrogen) atoms. The van der Waals surface area contributed by atoms with Crippen molar-refractivity contribution in [1.29, 1.82) is 0 Å². The summed E-state index contributed by atoms with van der Waals surface area (Å²) in [4.78, 5) is 49.5. The zero-order chi connectivity index (χ0) is 24.2. The molecule has 2 aromatic carbocycles. The Morgan fingerprint density at radius 2 is 1.76 bits per heavy atom. The smallest absolute Gasteiger partial charge is 0.418 e. The third-order valence-electron chi connectivity index (χ3n) is 4.91. The summed E-state index contributed by atoms with van der Waals surface area (Å²) < 4.78 is 48.6. The maximum Gasteiger partial charge on any atom is 0.418 e. The minimum absolute atomic E-state index is 0.00619. The standard InChI is InChI=1S/C22H19F3N2O6/c1-32-20(30)13-6-8-15(9-7-13)27-11-14(10-19(27)29)21(31)33-12-18(28)26-17-5-3-2-4-16(17)22(23,24)25/h2-9,14H,10-12H2,1H3,(H,26,28)/t14-/m1/s1. The SMILES string of the molecule is COC(=O)c1ccc(N2C[C@H](C(=O)OCC(=O)Nc3ccccc3C(F)(F)F)CC2=O)cc1. The van der Waals surface area contributed by atoms with Crippen LogP contribution in [-0.2, 0) is 30.0 Å². The van der Waals surface area contributed by atoms with Gasteiger partial charge in [-0.1, -0.05) is 12.1 Å². The van der Waals surface area contributed by atoms with Crippen LogP contribution in [0, 0.1) is 5.92 Å². The highest BCUT2D eigenvalue weighted by Gasteiger charge is 2.37. The summed E-state index contributed by atoms with van der Waals surface area (Å²) in [6.07, 6.45) is -4.82. The van der Waals surface area contributed by atoms with Gasteiger partial charge in [0.1, 0.15) is 0 Å². The van der Waals surface area contributed by atoms with Crippen molar-refractivity contribution < 1.29 is 41.8 Å². The zero-order valence-corrected chi connectivity index (χ0v) is 17.3. The minimum atomic E-state index is -4.66. The molecule has 2 amide bonds. The molecule has 1 atom stereocenters. The number of amides is 2. The van der Waals surface area contributed by atoms with E-state index >= 15 is 0 Å². The summed E-state index contributed by atoms with van der Waals surface area (Å²) in [7, 11) is 1.24. The summed E-state index contributed by atoms with van der Waals surface area (Å²) in [5.74, 6) is -3.51. The highest BCUT2D eigenvalue weighted by Crippen LogP contribution is 2.34. The number of halogens is 3. The van der Waals surface area contributed by atoms with Gasteiger partial charge in [-0.05, 0) is 36.4 Å². The molecule has 0 aliphatic carbocycles. The maximum atomic E-state index is 13.0. The van der Waals surface area contributed by atoms with Crippen molar-refractivity contribution in [2.75, 3.05) is 30.5 Å². The second-order valence-corrected chi connectivity index (χ2v) is 7.14. The number of methoxy groups -OCH3 is 1. The van der Waals surface area contributed by atoms with Gasteiger partial charge in [-0.15, -0.1) is 0 Å². The summed E-state index contributed by atoms with van der Waals surface area (Å²) in [6.45, 7) is -0.808. The van der Waals surface area contributed by atoms with E-state index in [0.717, 1.165) is 12.1 Å². The monoisotopic (exact) mass is 464 g/mol. The van der Waals surface area contributed by atoms with Crippen molar-refractivity contribution in [3.63, 3.8) is 0 Å². The second-order valence-electron chi connectivity index (χ2n) is 7.14. The minimum Gasteiger partial charge on any atom is -0.465 e. The van der Waals surface area contributed by atoms with Crippen LogP contribution < -0.4 is 10.2 Å². The van der Waals surface area contributed by atoms with Crippen LogP contribution in [0.1, 0.15) is 22.3 Å². The van der Waals surface area contributed by atoms with Crippen LogP contribution in [0.4, 0.5) is 24.5 Å². The molecule has 0 radical (unpaired) electrons. The highest BCUT2D eigenvalue weighted by molar-refractivity contribution is 6.00. The number of rotatable bonds is 6. The molecule has 0 aromatic heterocycles. The highest BCUT2D eigenvalue weighted by atomic mass is 19.4. The summed E-state index contributed by atoms with van der Waals surface area (Å²) in [6, 6.07) is 10.4. The molecule has 0 saturated carbocycles. The van der Waals surface area contributed by atoms with Gasteiger partial charge in [-0.25, -0.2) is 4.79 Å². The van der Waals surface area contributed by atoms with E-state index in [1.54, 1.807) is 0 Å². The summed E-state index contributed by atoms with van der Waals surface area (Å²) >= 11 is 0. The number of nitrogens with one attached hydrogen (secondary N) is 1. The first kappa shape index (κ1) is 23.8. The summed E-state index contributed by atoms with van der Waals surface area (Å²) in [5.41, 5.74) is -0.727. The molecular weight excluding hydrogens is 445 g/mol. The third-order valence-corrected chi connectivity index (χ3v) is 4.91. The van der Waals surface area contributed by atoms with Gasteiger partial charge in [0.05, 0.1) is 29.8 Å². The molecule has 0 spiro atoms. The largest absolute Gasteiger partial charge is 0.465 e. The number of ether oxygens (including phenoxy) is 2. The van der Waals surface area contributed by atoms with Crippen LogP contribution in [0.2, 0.25) is 0 Å². The Hall–Kier alpha value is -3.89. The van der Waals surface area contributed by atoms with E-state index in [1.807, 2.05) is 0 Å². The number of nitrogens with zero attached hydrogens (tertiary/aromatic N) is 1. The number of esters is 2. The Bertz CT molecular complexity index is 1070. The van der Waals surface area contributed by atoms with E-state index in [9.17, 15) is 32.3 Å². The Kier molecular flexibility index (Phi) is 7.00. The predicted octanol–water partition coefficient (Wildman–Crippen LogP) is 3.03. The Labute approximate surface area is 186 Å². The molecule has 1 aliphatic rings. The van der Waals surface area contributed by atoms with Crippen molar-refractivity contribution in [1.82, 2.24) is 0 Å². The van der Waals surface area contributed by atoms with Crippen LogP contribution in [-0.4, -0.2) is 44.0 Å². The Morgan fingerprint density at radius 1 is 1.09 bits per heavy atom. The molecule has 1 saturated heterocycles. The number of carbonyl (C=O) groups is 4. The zero-order valence-electron chi connectivity index (χ0n) is 17.3. The van der Waals surface area contributed by atoms with Crippen molar-refractivity contribution in [2.45, 2.75) is 12.6 Å². The van der Waals surface area contributed by atoms with Crippen LogP contribution in [0.3, 0.4) is 0 Å². The van der Waals surface area contributed by atoms with E-state index in [0.29, 0.717) is 11.3 Å². The molecule has 0 bridgehead atoms. The average Bonchev–Trinajstić information content (AvgIpc) is 3.18. The van der Waals surface area contributed by atoms with Crippen molar-refractivity contribution >= 4 is 35.1 Å². The lowest BCUT2D eigenvalue weighted by Gasteiger charge is -2.17.